The fraction of sp³-hybridized carbons (Fsp3) is 0.188. The first kappa shape index (κ1) is 13.5. The van der Waals surface area contributed by atoms with E-state index in [4.69, 9.17) is 13.9 Å². The molecule has 0 spiro atoms. The third kappa shape index (κ3) is 3.14. The maximum absolute atomic E-state index is 8.95. The van der Waals surface area contributed by atoms with Gasteiger partial charge in [0.05, 0.1) is 6.54 Å². The highest BCUT2D eigenvalue weighted by Gasteiger charge is 2.04. The Balaban J connectivity index is 1.64. The largest absolute Gasteiger partial charge is 0.462 e. The topological polar surface area (TPSA) is 71.4 Å². The number of hydrogen-bond donors (Lipinski definition) is 2. The fourth-order valence-electron chi connectivity index (χ4n) is 2.05. The smallest absolute Gasteiger partial charge is 0.191 e. The summed E-state index contributed by atoms with van der Waals surface area (Å²) < 4.78 is 10.6. The molecule has 0 saturated heterocycles. The highest BCUT2D eigenvalue weighted by atomic mass is 16.4. The Morgan fingerprint density at radius 3 is 2.48 bits per heavy atom. The second-order valence-electron chi connectivity index (χ2n) is 4.71. The molecule has 0 radical (unpaired) electrons. The van der Waals surface area contributed by atoms with E-state index in [1.807, 2.05) is 37.3 Å². The standard InChI is InChI=1S/C16H16N2O3/c1-11-18-16(10-20-11)12-2-4-13(5-3-12)17-8-14-6-7-15(9-19)21-14/h2-7,10,17,19H,8-9H2,1H3. The molecule has 0 saturated carbocycles. The summed E-state index contributed by atoms with van der Waals surface area (Å²) in [6, 6.07) is 11.6. The number of hydrogen-bond acceptors (Lipinski definition) is 5. The molecule has 0 aliphatic rings. The Bertz CT molecular complexity index is 713. The lowest BCUT2D eigenvalue weighted by Gasteiger charge is -2.05. The van der Waals surface area contributed by atoms with Crippen LogP contribution < -0.4 is 5.32 Å². The lowest BCUT2D eigenvalue weighted by molar-refractivity contribution is 0.244. The Kier molecular flexibility index (Phi) is 3.75. The minimum Gasteiger partial charge on any atom is -0.462 e. The van der Waals surface area contributed by atoms with E-state index >= 15 is 0 Å². The van der Waals surface area contributed by atoms with Gasteiger partial charge in [-0.3, -0.25) is 0 Å². The van der Waals surface area contributed by atoms with E-state index in [0.717, 1.165) is 22.7 Å². The normalized spacial score (nSPS) is 10.8. The van der Waals surface area contributed by atoms with Gasteiger partial charge in [-0.15, -0.1) is 0 Å². The summed E-state index contributed by atoms with van der Waals surface area (Å²) in [7, 11) is 0. The zero-order valence-electron chi connectivity index (χ0n) is 11.7. The first-order valence-corrected chi connectivity index (χ1v) is 6.69. The number of aliphatic hydroxyl groups excluding tert-OH is 1. The van der Waals surface area contributed by atoms with Crippen LogP contribution in [0.2, 0.25) is 0 Å². The van der Waals surface area contributed by atoms with Crippen molar-refractivity contribution in [3.8, 4) is 11.3 Å². The van der Waals surface area contributed by atoms with Crippen molar-refractivity contribution in [3.63, 3.8) is 0 Å². The molecular weight excluding hydrogens is 268 g/mol. The Labute approximate surface area is 122 Å². The van der Waals surface area contributed by atoms with Gasteiger partial charge in [0.1, 0.15) is 30.1 Å². The van der Waals surface area contributed by atoms with Crippen molar-refractivity contribution in [2.75, 3.05) is 5.32 Å². The Morgan fingerprint density at radius 2 is 1.86 bits per heavy atom. The van der Waals surface area contributed by atoms with E-state index in [1.54, 1.807) is 12.3 Å². The van der Waals surface area contributed by atoms with Gasteiger partial charge in [-0.1, -0.05) is 12.1 Å². The number of furan rings is 1. The average Bonchev–Trinajstić information content (AvgIpc) is 3.14. The van der Waals surface area contributed by atoms with Gasteiger partial charge >= 0.3 is 0 Å². The molecule has 3 aromatic rings. The zero-order valence-corrected chi connectivity index (χ0v) is 11.7. The minimum absolute atomic E-state index is 0.0776. The van der Waals surface area contributed by atoms with Crippen molar-refractivity contribution in [2.24, 2.45) is 0 Å². The number of oxazole rings is 1. The summed E-state index contributed by atoms with van der Waals surface area (Å²) in [5, 5.41) is 12.2. The quantitative estimate of drug-likeness (QED) is 0.751. The molecule has 1 aromatic carbocycles. The van der Waals surface area contributed by atoms with Crippen LogP contribution in [0, 0.1) is 6.92 Å². The number of aryl methyl sites for hydroxylation is 1. The van der Waals surface area contributed by atoms with Crippen LogP contribution in [0.15, 0.2) is 51.5 Å². The van der Waals surface area contributed by atoms with E-state index in [-0.39, 0.29) is 6.61 Å². The van der Waals surface area contributed by atoms with Gasteiger partial charge in [0, 0.05) is 18.2 Å². The highest BCUT2D eigenvalue weighted by Crippen LogP contribution is 2.21. The van der Waals surface area contributed by atoms with Gasteiger partial charge < -0.3 is 19.3 Å². The first-order valence-electron chi connectivity index (χ1n) is 6.69. The molecule has 3 rings (SSSR count). The second-order valence-corrected chi connectivity index (χ2v) is 4.71. The van der Waals surface area contributed by atoms with Crippen molar-refractivity contribution >= 4 is 5.69 Å². The van der Waals surface area contributed by atoms with Crippen molar-refractivity contribution < 1.29 is 13.9 Å². The maximum atomic E-state index is 8.95. The maximum Gasteiger partial charge on any atom is 0.191 e. The van der Waals surface area contributed by atoms with Crippen molar-refractivity contribution in [2.45, 2.75) is 20.1 Å². The minimum atomic E-state index is -0.0776. The number of benzene rings is 1. The molecule has 0 amide bonds. The number of nitrogens with zero attached hydrogens (tertiary/aromatic N) is 1. The van der Waals surface area contributed by atoms with E-state index in [1.165, 1.54) is 0 Å². The number of anilines is 1. The van der Waals surface area contributed by atoms with Crippen LogP contribution in [-0.2, 0) is 13.2 Å². The molecule has 2 heterocycles. The van der Waals surface area contributed by atoms with Crippen molar-refractivity contribution in [3.05, 3.63) is 60.1 Å². The molecule has 0 bridgehead atoms. The lowest BCUT2D eigenvalue weighted by Crippen LogP contribution is -1.97. The summed E-state index contributed by atoms with van der Waals surface area (Å²) in [5.41, 5.74) is 2.83. The number of rotatable bonds is 5. The summed E-state index contributed by atoms with van der Waals surface area (Å²) >= 11 is 0. The van der Waals surface area contributed by atoms with Crippen LogP contribution in [0.5, 0.6) is 0 Å². The van der Waals surface area contributed by atoms with Crippen molar-refractivity contribution in [1.82, 2.24) is 4.98 Å². The first-order chi connectivity index (χ1) is 10.2. The third-order valence-electron chi connectivity index (χ3n) is 3.14. The molecule has 5 nitrogen and oxygen atoms in total. The van der Waals surface area contributed by atoms with Crippen LogP contribution in [0.3, 0.4) is 0 Å². The fourth-order valence-corrected chi connectivity index (χ4v) is 2.05. The van der Waals surface area contributed by atoms with Crippen LogP contribution in [0.1, 0.15) is 17.4 Å². The molecule has 2 N–H and O–H groups in total. The van der Waals surface area contributed by atoms with E-state index in [2.05, 4.69) is 10.3 Å². The second kappa shape index (κ2) is 5.85. The van der Waals surface area contributed by atoms with Gasteiger partial charge in [0.2, 0.25) is 0 Å². The molecule has 0 unspecified atom stereocenters. The molecule has 0 fully saturated rings. The molecule has 2 aromatic heterocycles. The average molecular weight is 284 g/mol. The predicted octanol–water partition coefficient (Wildman–Crippen LogP) is 3.35. The summed E-state index contributed by atoms with van der Waals surface area (Å²) in [6.45, 7) is 2.32. The zero-order chi connectivity index (χ0) is 14.7. The van der Waals surface area contributed by atoms with E-state index in [9.17, 15) is 0 Å². The highest BCUT2D eigenvalue weighted by molar-refractivity contribution is 5.61. The van der Waals surface area contributed by atoms with Crippen LogP contribution >= 0.6 is 0 Å². The monoisotopic (exact) mass is 284 g/mol. The lowest BCUT2D eigenvalue weighted by atomic mass is 10.1. The molecule has 21 heavy (non-hydrogen) atoms. The molecular formula is C16H16N2O3. The van der Waals surface area contributed by atoms with Gasteiger partial charge in [-0.05, 0) is 24.3 Å². The van der Waals surface area contributed by atoms with E-state index < -0.39 is 0 Å². The third-order valence-corrected chi connectivity index (χ3v) is 3.14. The van der Waals surface area contributed by atoms with E-state index in [0.29, 0.717) is 18.2 Å². The summed E-state index contributed by atoms with van der Waals surface area (Å²) in [4.78, 5) is 4.29. The molecule has 0 atom stereocenters. The number of aromatic nitrogens is 1. The SMILES string of the molecule is Cc1nc(-c2ccc(NCc3ccc(CO)o3)cc2)co1. The van der Waals surface area contributed by atoms with Crippen LogP contribution in [-0.4, -0.2) is 10.1 Å². The summed E-state index contributed by atoms with van der Waals surface area (Å²) in [5.74, 6) is 2.02. The molecule has 0 aliphatic heterocycles. The van der Waals surface area contributed by atoms with Gasteiger partial charge in [-0.25, -0.2) is 4.98 Å². The number of aliphatic hydroxyl groups is 1. The Hall–Kier alpha value is -2.53. The Morgan fingerprint density at radius 1 is 1.10 bits per heavy atom. The predicted molar refractivity (Wildman–Crippen MR) is 78.6 cm³/mol. The van der Waals surface area contributed by atoms with Crippen molar-refractivity contribution in [1.29, 1.82) is 0 Å². The molecule has 108 valence electrons. The molecule has 5 heteroatoms. The number of nitrogens with one attached hydrogen (secondary N) is 1. The van der Waals surface area contributed by atoms with Gasteiger partial charge in [-0.2, -0.15) is 0 Å². The van der Waals surface area contributed by atoms with Crippen LogP contribution in [0.4, 0.5) is 5.69 Å². The molecule has 0 aliphatic carbocycles. The van der Waals surface area contributed by atoms with Gasteiger partial charge in [0.25, 0.3) is 0 Å². The van der Waals surface area contributed by atoms with Crippen LogP contribution in [0.25, 0.3) is 11.3 Å². The summed E-state index contributed by atoms with van der Waals surface area (Å²) in [6.07, 6.45) is 1.65. The van der Waals surface area contributed by atoms with Gasteiger partial charge in [0.15, 0.2) is 5.89 Å².